The average Bonchev–Trinajstić information content (AvgIpc) is 2.94. The summed E-state index contributed by atoms with van der Waals surface area (Å²) in [5, 5.41) is 0.296. The molecule has 1 saturated heterocycles. The predicted molar refractivity (Wildman–Crippen MR) is 121 cm³/mol. The smallest absolute Gasteiger partial charge is 0.270 e. The van der Waals surface area contributed by atoms with Gasteiger partial charge in [-0.15, -0.1) is 0 Å². The molecular formula is C20H16Cl2FNO3S2. The molecule has 29 heavy (non-hydrogen) atoms. The van der Waals surface area contributed by atoms with Crippen molar-refractivity contribution < 1.29 is 18.7 Å². The molecule has 0 unspecified atom stereocenters. The van der Waals surface area contributed by atoms with Crippen molar-refractivity contribution in [1.82, 2.24) is 0 Å². The summed E-state index contributed by atoms with van der Waals surface area (Å²) >= 11 is 18.7. The van der Waals surface area contributed by atoms with Crippen LogP contribution in [-0.4, -0.2) is 23.4 Å². The highest BCUT2D eigenvalue weighted by atomic mass is 35.5. The Balaban J connectivity index is 1.95. The van der Waals surface area contributed by atoms with Crippen LogP contribution in [0.3, 0.4) is 0 Å². The van der Waals surface area contributed by atoms with Crippen LogP contribution < -0.4 is 14.4 Å². The maximum Gasteiger partial charge on any atom is 0.270 e. The zero-order chi connectivity index (χ0) is 21.1. The first kappa shape index (κ1) is 21.9. The highest BCUT2D eigenvalue weighted by molar-refractivity contribution is 8.27. The number of halogens is 3. The summed E-state index contributed by atoms with van der Waals surface area (Å²) in [5.74, 6) is 0.0603. The van der Waals surface area contributed by atoms with Gasteiger partial charge in [-0.25, -0.2) is 4.39 Å². The molecule has 1 heterocycles. The zero-order valence-electron chi connectivity index (χ0n) is 15.5. The summed E-state index contributed by atoms with van der Waals surface area (Å²) in [7, 11) is 0. The number of carbonyl (C=O) groups excluding carboxylic acids is 1. The van der Waals surface area contributed by atoms with Crippen LogP contribution in [0.1, 0.15) is 19.4 Å². The van der Waals surface area contributed by atoms with Gasteiger partial charge in [-0.2, -0.15) is 0 Å². The van der Waals surface area contributed by atoms with Crippen LogP contribution >= 0.6 is 47.2 Å². The Morgan fingerprint density at radius 3 is 2.52 bits per heavy atom. The average molecular weight is 472 g/mol. The molecule has 1 aliphatic rings. The van der Waals surface area contributed by atoms with E-state index in [-0.39, 0.29) is 10.9 Å². The summed E-state index contributed by atoms with van der Waals surface area (Å²) in [6.45, 7) is 4.59. The van der Waals surface area contributed by atoms with E-state index in [2.05, 4.69) is 0 Å². The van der Waals surface area contributed by atoms with E-state index in [4.69, 9.17) is 44.9 Å². The molecule has 4 nitrogen and oxygen atoms in total. The number of ether oxygens (including phenoxy) is 2. The third-order valence-corrected chi connectivity index (χ3v) is 5.75. The standard InChI is InChI=1S/C20H16Cl2FNO3S2/c1-3-26-16-8-11(7-14(22)18(16)27-4-2)9-17-19(25)24(20(28)29-17)12-5-6-15(23)13(21)10-12/h5-10H,3-4H2,1-2H3/b17-9+. The summed E-state index contributed by atoms with van der Waals surface area (Å²) in [4.78, 5) is 14.6. The monoisotopic (exact) mass is 471 g/mol. The summed E-state index contributed by atoms with van der Waals surface area (Å²) < 4.78 is 25.0. The molecule has 1 fully saturated rings. The van der Waals surface area contributed by atoms with Gasteiger partial charge in [0.25, 0.3) is 5.91 Å². The first-order valence-corrected chi connectivity index (χ1v) is 10.7. The van der Waals surface area contributed by atoms with E-state index in [0.29, 0.717) is 50.2 Å². The van der Waals surface area contributed by atoms with Gasteiger partial charge < -0.3 is 9.47 Å². The number of thioether (sulfide) groups is 1. The molecule has 0 N–H and O–H groups in total. The first-order chi connectivity index (χ1) is 13.8. The Bertz CT molecular complexity index is 1010. The largest absolute Gasteiger partial charge is 0.490 e. The van der Waals surface area contributed by atoms with Crippen molar-refractivity contribution in [3.05, 3.63) is 56.7 Å². The van der Waals surface area contributed by atoms with E-state index < -0.39 is 5.82 Å². The van der Waals surface area contributed by atoms with Crippen molar-refractivity contribution in [3.63, 3.8) is 0 Å². The quantitative estimate of drug-likeness (QED) is 0.363. The molecule has 152 valence electrons. The fourth-order valence-electron chi connectivity index (χ4n) is 2.68. The van der Waals surface area contributed by atoms with E-state index in [0.717, 1.165) is 11.8 Å². The van der Waals surface area contributed by atoms with Crippen molar-refractivity contribution >= 4 is 69.2 Å². The summed E-state index contributed by atoms with van der Waals surface area (Å²) in [5.41, 5.74) is 1.07. The number of nitrogens with zero attached hydrogens (tertiary/aromatic N) is 1. The van der Waals surface area contributed by atoms with Crippen LogP contribution in [0.4, 0.5) is 10.1 Å². The van der Waals surface area contributed by atoms with Gasteiger partial charge in [0.1, 0.15) is 5.82 Å². The number of amides is 1. The van der Waals surface area contributed by atoms with Gasteiger partial charge in [-0.3, -0.25) is 9.69 Å². The lowest BCUT2D eigenvalue weighted by Crippen LogP contribution is -2.27. The molecule has 3 rings (SSSR count). The van der Waals surface area contributed by atoms with Crippen molar-refractivity contribution in [2.24, 2.45) is 0 Å². The maximum absolute atomic E-state index is 13.5. The molecule has 0 radical (unpaired) electrons. The van der Waals surface area contributed by atoms with E-state index in [1.165, 1.54) is 23.1 Å². The Morgan fingerprint density at radius 2 is 1.86 bits per heavy atom. The third kappa shape index (κ3) is 4.69. The van der Waals surface area contributed by atoms with Crippen molar-refractivity contribution in [2.45, 2.75) is 13.8 Å². The lowest BCUT2D eigenvalue weighted by molar-refractivity contribution is -0.113. The molecular weight excluding hydrogens is 456 g/mol. The molecule has 2 aromatic carbocycles. The van der Waals surface area contributed by atoms with Gasteiger partial charge in [-0.1, -0.05) is 47.2 Å². The molecule has 0 atom stereocenters. The number of hydrogen-bond acceptors (Lipinski definition) is 5. The second kappa shape index (κ2) is 9.34. The lowest BCUT2D eigenvalue weighted by Gasteiger charge is -2.15. The number of carbonyl (C=O) groups is 1. The number of anilines is 1. The normalized spacial score (nSPS) is 15.3. The van der Waals surface area contributed by atoms with E-state index in [1.807, 2.05) is 13.8 Å². The van der Waals surface area contributed by atoms with Crippen molar-refractivity contribution in [3.8, 4) is 11.5 Å². The van der Waals surface area contributed by atoms with Crippen molar-refractivity contribution in [1.29, 1.82) is 0 Å². The Morgan fingerprint density at radius 1 is 1.14 bits per heavy atom. The van der Waals surface area contributed by atoms with E-state index >= 15 is 0 Å². The van der Waals surface area contributed by atoms with Gasteiger partial charge in [0.15, 0.2) is 15.8 Å². The fourth-order valence-corrected chi connectivity index (χ4v) is 4.43. The van der Waals surface area contributed by atoms with Gasteiger partial charge in [0.05, 0.1) is 33.9 Å². The molecule has 0 saturated carbocycles. The summed E-state index contributed by atoms with van der Waals surface area (Å²) in [6, 6.07) is 7.46. The zero-order valence-corrected chi connectivity index (χ0v) is 18.6. The van der Waals surface area contributed by atoms with Crippen LogP contribution in [0, 0.1) is 5.82 Å². The molecule has 1 amide bonds. The minimum Gasteiger partial charge on any atom is -0.490 e. The molecule has 0 spiro atoms. The molecule has 1 aliphatic heterocycles. The van der Waals surface area contributed by atoms with Crippen LogP contribution in [0.2, 0.25) is 10.0 Å². The highest BCUT2D eigenvalue weighted by Crippen LogP contribution is 2.40. The lowest BCUT2D eigenvalue weighted by atomic mass is 10.1. The third-order valence-electron chi connectivity index (χ3n) is 3.87. The Hall–Kier alpha value is -1.80. The number of benzene rings is 2. The van der Waals surface area contributed by atoms with Crippen LogP contribution in [0.5, 0.6) is 11.5 Å². The molecule has 0 aromatic heterocycles. The fraction of sp³-hybridized carbons (Fsp3) is 0.200. The van der Waals surface area contributed by atoms with Gasteiger partial charge in [0.2, 0.25) is 0 Å². The molecule has 9 heteroatoms. The first-order valence-electron chi connectivity index (χ1n) is 8.67. The van der Waals surface area contributed by atoms with Crippen LogP contribution in [0.15, 0.2) is 35.2 Å². The SMILES string of the molecule is CCOc1cc(/C=C2/SC(=S)N(c3ccc(F)c(Cl)c3)C2=O)cc(Cl)c1OCC. The Labute approximate surface area is 187 Å². The van der Waals surface area contributed by atoms with E-state index in [1.54, 1.807) is 18.2 Å². The van der Waals surface area contributed by atoms with Gasteiger partial charge in [-0.05, 0) is 55.8 Å². The maximum atomic E-state index is 13.5. The topological polar surface area (TPSA) is 38.8 Å². The van der Waals surface area contributed by atoms with Crippen molar-refractivity contribution in [2.75, 3.05) is 18.1 Å². The number of hydrogen-bond donors (Lipinski definition) is 0. The molecule has 0 bridgehead atoms. The second-order valence-corrected chi connectivity index (χ2v) is 8.30. The van der Waals surface area contributed by atoms with Crippen LogP contribution in [0.25, 0.3) is 6.08 Å². The number of rotatable bonds is 6. The minimum absolute atomic E-state index is 0.0832. The number of thiocarbonyl (C=S) groups is 1. The molecule has 0 aliphatic carbocycles. The molecule has 2 aromatic rings. The summed E-state index contributed by atoms with van der Waals surface area (Å²) in [6.07, 6.45) is 1.68. The Kier molecular flexibility index (Phi) is 7.05. The van der Waals surface area contributed by atoms with Crippen LogP contribution in [-0.2, 0) is 4.79 Å². The predicted octanol–water partition coefficient (Wildman–Crippen LogP) is 6.34. The van der Waals surface area contributed by atoms with E-state index in [9.17, 15) is 9.18 Å². The van der Waals surface area contributed by atoms with Gasteiger partial charge in [0, 0.05) is 0 Å². The minimum atomic E-state index is -0.566. The second-order valence-electron chi connectivity index (χ2n) is 5.81. The van der Waals surface area contributed by atoms with Gasteiger partial charge >= 0.3 is 0 Å². The highest BCUT2D eigenvalue weighted by Gasteiger charge is 2.33.